The van der Waals surface area contributed by atoms with E-state index in [2.05, 4.69) is 4.99 Å². The van der Waals surface area contributed by atoms with Crippen LogP contribution in [0.25, 0.3) is 0 Å². The first-order chi connectivity index (χ1) is 3.80. The standard InChI is InChI=1S/C4H5NO2S/c6-4(7)3-1-8-2-5-3/h2-3H,1H2,(H,6,7)/t3-/m0/s1. The molecule has 8 heavy (non-hydrogen) atoms. The summed E-state index contributed by atoms with van der Waals surface area (Å²) in [4.78, 5) is 13.7. The van der Waals surface area contributed by atoms with Crippen LogP contribution >= 0.6 is 11.8 Å². The molecule has 0 saturated carbocycles. The van der Waals surface area contributed by atoms with Crippen LogP contribution in [0.1, 0.15) is 0 Å². The van der Waals surface area contributed by atoms with Crippen LogP contribution in [0.15, 0.2) is 4.99 Å². The Morgan fingerprint density at radius 3 is 3.00 bits per heavy atom. The number of nitrogens with zero attached hydrogens (tertiary/aromatic N) is 1. The minimum atomic E-state index is -0.828. The molecular weight excluding hydrogens is 126 g/mol. The summed E-state index contributed by atoms with van der Waals surface area (Å²) in [5, 5.41) is 8.29. The van der Waals surface area contributed by atoms with Crippen molar-refractivity contribution < 1.29 is 9.90 Å². The molecule has 0 bridgehead atoms. The van der Waals surface area contributed by atoms with Crippen molar-refractivity contribution >= 4 is 23.3 Å². The fourth-order valence-corrected chi connectivity index (χ4v) is 1.16. The Morgan fingerprint density at radius 1 is 2.00 bits per heavy atom. The molecule has 44 valence electrons. The van der Waals surface area contributed by atoms with Gasteiger partial charge in [-0.2, -0.15) is 0 Å². The van der Waals surface area contributed by atoms with Gasteiger partial charge in [0.05, 0.1) is 5.55 Å². The Hall–Kier alpha value is -0.510. The van der Waals surface area contributed by atoms with Gasteiger partial charge in [-0.3, -0.25) is 4.99 Å². The molecule has 3 nitrogen and oxygen atoms in total. The highest BCUT2D eigenvalue weighted by Crippen LogP contribution is 2.10. The van der Waals surface area contributed by atoms with E-state index in [0.717, 1.165) is 0 Å². The van der Waals surface area contributed by atoms with Gasteiger partial charge in [0.1, 0.15) is 0 Å². The van der Waals surface area contributed by atoms with Crippen molar-refractivity contribution in [1.29, 1.82) is 0 Å². The summed E-state index contributed by atoms with van der Waals surface area (Å²) in [7, 11) is 0. The quantitative estimate of drug-likeness (QED) is 0.553. The van der Waals surface area contributed by atoms with Crippen LogP contribution in [0.2, 0.25) is 0 Å². The van der Waals surface area contributed by atoms with Crippen molar-refractivity contribution in [2.45, 2.75) is 6.04 Å². The van der Waals surface area contributed by atoms with E-state index in [0.29, 0.717) is 5.75 Å². The summed E-state index contributed by atoms with van der Waals surface area (Å²) in [6, 6.07) is -0.486. The van der Waals surface area contributed by atoms with E-state index in [-0.39, 0.29) is 0 Å². The molecule has 1 rings (SSSR count). The van der Waals surface area contributed by atoms with Gasteiger partial charge in [-0.25, -0.2) is 4.79 Å². The highest BCUT2D eigenvalue weighted by molar-refractivity contribution is 8.12. The van der Waals surface area contributed by atoms with Gasteiger partial charge in [0.2, 0.25) is 0 Å². The number of carboxylic acid groups (broad SMARTS) is 1. The fraction of sp³-hybridized carbons (Fsp3) is 0.500. The third-order valence-electron chi connectivity index (χ3n) is 0.854. The summed E-state index contributed by atoms with van der Waals surface area (Å²) >= 11 is 1.44. The summed E-state index contributed by atoms with van der Waals surface area (Å²) in [5.41, 5.74) is 1.58. The van der Waals surface area contributed by atoms with E-state index in [4.69, 9.17) is 5.11 Å². The average molecular weight is 131 g/mol. The smallest absolute Gasteiger partial charge is 0.329 e. The molecule has 1 aliphatic heterocycles. The highest BCUT2D eigenvalue weighted by Gasteiger charge is 2.17. The predicted octanol–water partition coefficient (Wildman–Crippen LogP) is 0.215. The first-order valence-corrected chi connectivity index (χ1v) is 3.21. The van der Waals surface area contributed by atoms with Crippen molar-refractivity contribution in [3.63, 3.8) is 0 Å². The van der Waals surface area contributed by atoms with Gasteiger partial charge < -0.3 is 5.11 Å². The fourth-order valence-electron chi connectivity index (χ4n) is 0.429. The number of hydrogen-bond donors (Lipinski definition) is 1. The molecule has 0 aromatic rings. The molecule has 0 fully saturated rings. The van der Waals surface area contributed by atoms with Gasteiger partial charge in [-0.05, 0) is 0 Å². The van der Waals surface area contributed by atoms with Crippen molar-refractivity contribution in [1.82, 2.24) is 0 Å². The van der Waals surface area contributed by atoms with Crippen LogP contribution in [-0.2, 0) is 4.79 Å². The molecular formula is C4H5NO2S. The van der Waals surface area contributed by atoms with E-state index in [9.17, 15) is 4.79 Å². The van der Waals surface area contributed by atoms with E-state index in [1.165, 1.54) is 11.8 Å². The van der Waals surface area contributed by atoms with Crippen LogP contribution in [0.5, 0.6) is 0 Å². The minimum Gasteiger partial charge on any atom is -0.480 e. The zero-order valence-corrected chi connectivity index (χ0v) is 4.89. The summed E-state index contributed by atoms with van der Waals surface area (Å²) in [6.45, 7) is 0. The van der Waals surface area contributed by atoms with E-state index < -0.39 is 12.0 Å². The number of carboxylic acids is 1. The first-order valence-electron chi connectivity index (χ1n) is 2.17. The summed E-state index contributed by atoms with van der Waals surface area (Å²) in [6.07, 6.45) is 0. The average Bonchev–Trinajstić information content (AvgIpc) is 2.12. The van der Waals surface area contributed by atoms with Crippen LogP contribution in [-0.4, -0.2) is 28.4 Å². The Labute approximate surface area is 50.8 Å². The van der Waals surface area contributed by atoms with Gasteiger partial charge in [0, 0.05) is 5.75 Å². The molecule has 0 aliphatic carbocycles. The lowest BCUT2D eigenvalue weighted by molar-refractivity contribution is -0.137. The largest absolute Gasteiger partial charge is 0.480 e. The number of rotatable bonds is 1. The summed E-state index contributed by atoms with van der Waals surface area (Å²) < 4.78 is 0. The van der Waals surface area contributed by atoms with Crippen LogP contribution in [0.4, 0.5) is 0 Å². The molecule has 0 aromatic carbocycles. The van der Waals surface area contributed by atoms with E-state index in [1.807, 2.05) is 0 Å². The second-order valence-corrected chi connectivity index (χ2v) is 2.32. The van der Waals surface area contributed by atoms with E-state index >= 15 is 0 Å². The lowest BCUT2D eigenvalue weighted by Gasteiger charge is -1.93. The number of aliphatic imine (C=N–C) groups is 1. The molecule has 0 saturated heterocycles. The Bertz CT molecular complexity index is 134. The molecule has 4 heteroatoms. The maximum absolute atomic E-state index is 10.1. The van der Waals surface area contributed by atoms with Crippen molar-refractivity contribution in [2.75, 3.05) is 5.75 Å². The van der Waals surface area contributed by atoms with Crippen molar-refractivity contribution in [3.8, 4) is 0 Å². The molecule has 0 unspecified atom stereocenters. The Morgan fingerprint density at radius 2 is 2.75 bits per heavy atom. The third kappa shape index (κ3) is 1.01. The molecule has 0 radical (unpaired) electrons. The zero-order chi connectivity index (χ0) is 5.98. The molecule has 0 aromatic heterocycles. The lowest BCUT2D eigenvalue weighted by Crippen LogP contribution is -2.16. The monoisotopic (exact) mass is 131 g/mol. The molecule has 1 aliphatic rings. The van der Waals surface area contributed by atoms with Crippen LogP contribution in [0, 0.1) is 0 Å². The normalized spacial score (nSPS) is 26.2. The number of thioether (sulfide) groups is 1. The second-order valence-electron chi connectivity index (χ2n) is 1.44. The van der Waals surface area contributed by atoms with Crippen LogP contribution < -0.4 is 0 Å². The lowest BCUT2D eigenvalue weighted by atomic mass is 10.4. The van der Waals surface area contributed by atoms with Gasteiger partial charge in [-0.15, -0.1) is 11.8 Å². The van der Waals surface area contributed by atoms with Crippen molar-refractivity contribution in [2.24, 2.45) is 4.99 Å². The topological polar surface area (TPSA) is 49.7 Å². The maximum Gasteiger partial charge on any atom is 0.329 e. The van der Waals surface area contributed by atoms with Gasteiger partial charge in [-0.1, -0.05) is 0 Å². The number of aliphatic carboxylic acids is 1. The first kappa shape index (κ1) is 5.62. The Balaban J connectivity index is 2.48. The van der Waals surface area contributed by atoms with Crippen molar-refractivity contribution in [3.05, 3.63) is 0 Å². The van der Waals surface area contributed by atoms with Gasteiger partial charge in [0.15, 0.2) is 6.04 Å². The SMILES string of the molecule is O=C(O)[C@@H]1CSC=N1. The minimum absolute atomic E-state index is 0.486. The van der Waals surface area contributed by atoms with E-state index in [1.54, 1.807) is 5.55 Å². The maximum atomic E-state index is 10.1. The number of carbonyl (C=O) groups is 1. The molecule has 0 spiro atoms. The summed E-state index contributed by atoms with van der Waals surface area (Å²) in [5.74, 6) is -0.235. The molecule has 1 N–H and O–H groups in total. The van der Waals surface area contributed by atoms with Gasteiger partial charge in [0.25, 0.3) is 0 Å². The molecule has 0 amide bonds. The number of hydrogen-bond acceptors (Lipinski definition) is 3. The highest BCUT2D eigenvalue weighted by atomic mass is 32.2. The Kier molecular flexibility index (Phi) is 1.53. The molecule has 1 atom stereocenters. The van der Waals surface area contributed by atoms with Gasteiger partial charge >= 0.3 is 5.97 Å². The third-order valence-corrected chi connectivity index (χ3v) is 1.63. The second kappa shape index (κ2) is 2.17. The molecule has 1 heterocycles. The zero-order valence-electron chi connectivity index (χ0n) is 4.07. The predicted molar refractivity (Wildman–Crippen MR) is 32.4 cm³/mol. The van der Waals surface area contributed by atoms with Crippen LogP contribution in [0.3, 0.4) is 0 Å².